The van der Waals surface area contributed by atoms with Crippen molar-refractivity contribution in [3.8, 4) is 28.6 Å². The second kappa shape index (κ2) is 13.6. The highest BCUT2D eigenvalue weighted by Gasteiger charge is 2.37. The predicted molar refractivity (Wildman–Crippen MR) is 196 cm³/mol. The highest BCUT2D eigenvalue weighted by Crippen LogP contribution is 2.45. The predicted octanol–water partition coefficient (Wildman–Crippen LogP) is 8.49. The molecule has 0 aliphatic carbocycles. The molecule has 2 heterocycles. The van der Waals surface area contributed by atoms with Crippen molar-refractivity contribution in [2.24, 2.45) is 5.14 Å². The number of primary sulfonamides is 1. The maximum atomic E-state index is 14.1. The third-order valence-corrected chi connectivity index (χ3v) is 15.0. The van der Waals surface area contributed by atoms with E-state index in [2.05, 4.69) is 33.9 Å². The van der Waals surface area contributed by atoms with Crippen molar-refractivity contribution in [2.75, 3.05) is 20.3 Å². The number of hydrogen-bond donors (Lipinski definition) is 2. The van der Waals surface area contributed by atoms with Crippen LogP contribution in [0.2, 0.25) is 18.1 Å². The molecule has 12 heteroatoms. The molecule has 0 spiro atoms. The molecule has 1 aromatic heterocycles. The van der Waals surface area contributed by atoms with E-state index < -0.39 is 30.4 Å². The van der Waals surface area contributed by atoms with E-state index in [4.69, 9.17) is 23.5 Å². The minimum absolute atomic E-state index is 0.111. The van der Waals surface area contributed by atoms with Crippen molar-refractivity contribution < 1.29 is 36.2 Å². The molecule has 268 valence electrons. The summed E-state index contributed by atoms with van der Waals surface area (Å²) in [5, 5.41) is 16.9. The Bertz CT molecular complexity index is 2040. The van der Waals surface area contributed by atoms with Crippen molar-refractivity contribution in [1.29, 1.82) is 0 Å². The maximum Gasteiger partial charge on any atom is 0.238 e. The first-order valence-electron chi connectivity index (χ1n) is 16.4. The van der Waals surface area contributed by atoms with Gasteiger partial charge in [0.2, 0.25) is 10.0 Å². The fraction of sp³-hybridized carbons (Fsp3) is 0.368. The van der Waals surface area contributed by atoms with Crippen LogP contribution in [0.3, 0.4) is 0 Å². The molecule has 1 aliphatic heterocycles. The number of aliphatic hydroxyl groups is 1. The highest BCUT2D eigenvalue weighted by atomic mass is 32.2. The number of rotatable bonds is 10. The van der Waals surface area contributed by atoms with E-state index >= 15 is 0 Å². The van der Waals surface area contributed by atoms with Gasteiger partial charge in [-0.1, -0.05) is 20.8 Å². The first-order chi connectivity index (χ1) is 23.2. The molecule has 1 atom stereocenters. The molecule has 1 aliphatic rings. The molecule has 3 N–H and O–H groups in total. The topological polar surface area (TPSA) is 124 Å². The Morgan fingerprint density at radius 1 is 0.940 bits per heavy atom. The summed E-state index contributed by atoms with van der Waals surface area (Å²) in [4.78, 5) is 1.46. The lowest BCUT2D eigenvalue weighted by atomic mass is 9.96. The Labute approximate surface area is 295 Å². The zero-order valence-corrected chi connectivity index (χ0v) is 32.2. The normalized spacial score (nSPS) is 15.2. The second-order valence-corrected chi connectivity index (χ2v) is 20.9. The lowest BCUT2D eigenvalue weighted by molar-refractivity contribution is 0.0511. The summed E-state index contributed by atoms with van der Waals surface area (Å²) in [5.41, 5.74) is 5.05. The van der Waals surface area contributed by atoms with Crippen LogP contribution in [-0.2, 0) is 14.4 Å². The average molecular weight is 723 g/mol. The number of ether oxygens (including phenoxy) is 2. The maximum absolute atomic E-state index is 14.1. The Hall–Kier alpha value is -3.94. The number of fused-ring (bicyclic) bond motifs is 1. The molecule has 50 heavy (non-hydrogen) atoms. The molecule has 0 saturated carbocycles. The van der Waals surface area contributed by atoms with Gasteiger partial charge in [-0.05, 0) is 117 Å². The lowest BCUT2D eigenvalue weighted by Gasteiger charge is -2.36. The molecule has 0 radical (unpaired) electrons. The van der Waals surface area contributed by atoms with Gasteiger partial charge in [0.05, 0.1) is 11.5 Å². The molecule has 9 nitrogen and oxygen atoms in total. The molecule has 0 fully saturated rings. The van der Waals surface area contributed by atoms with Gasteiger partial charge in [-0.3, -0.25) is 0 Å². The van der Waals surface area contributed by atoms with Crippen LogP contribution in [0.5, 0.6) is 17.2 Å². The van der Waals surface area contributed by atoms with Crippen LogP contribution in [0.4, 0.5) is 4.39 Å². The van der Waals surface area contributed by atoms with Gasteiger partial charge in [0.25, 0.3) is 0 Å². The van der Waals surface area contributed by atoms with Crippen molar-refractivity contribution in [2.45, 2.75) is 77.7 Å². The summed E-state index contributed by atoms with van der Waals surface area (Å²) in [7, 11) is -4.28. The third-order valence-electron chi connectivity index (χ3n) is 9.55. The summed E-state index contributed by atoms with van der Waals surface area (Å²) in [5.74, 6) is 1.95. The van der Waals surface area contributed by atoms with E-state index in [1.807, 2.05) is 26.0 Å². The van der Waals surface area contributed by atoms with Gasteiger partial charge in [0.1, 0.15) is 41.2 Å². The molecule has 5 rings (SSSR count). The van der Waals surface area contributed by atoms with E-state index in [1.54, 1.807) is 38.1 Å². The van der Waals surface area contributed by atoms with Crippen molar-refractivity contribution in [3.05, 3.63) is 99.7 Å². The Morgan fingerprint density at radius 3 is 2.12 bits per heavy atom. The number of nitrogens with two attached hydrogens (primary N) is 1. The SMILES string of the molecule is Cc1cc(-c2cc3c(o2)C(c2cc(S(N)(=O)=O)ccc2Oc2c(C)cc(F)cc2C)=CN(C)C3O)cc(C)c1OCCO[Si](C)(C)C(C)(C)C. The van der Waals surface area contributed by atoms with Gasteiger partial charge in [0, 0.05) is 35.5 Å². The van der Waals surface area contributed by atoms with Gasteiger partial charge in [-0.25, -0.2) is 17.9 Å². The first-order valence-corrected chi connectivity index (χ1v) is 20.9. The van der Waals surface area contributed by atoms with Gasteiger partial charge >= 0.3 is 0 Å². The molecular weight excluding hydrogens is 676 g/mol. The summed E-state index contributed by atoms with van der Waals surface area (Å²) in [6.07, 6.45) is 0.628. The van der Waals surface area contributed by atoms with Gasteiger partial charge < -0.3 is 28.3 Å². The average Bonchev–Trinajstić information content (AvgIpc) is 3.45. The summed E-state index contributed by atoms with van der Waals surface area (Å²) >= 11 is 0. The Morgan fingerprint density at radius 2 is 1.54 bits per heavy atom. The number of furan rings is 1. The third kappa shape index (κ3) is 7.54. The number of halogens is 1. The molecule has 1 unspecified atom stereocenters. The van der Waals surface area contributed by atoms with Crippen LogP contribution in [0.15, 0.2) is 64.0 Å². The molecule has 0 amide bonds. The fourth-order valence-electron chi connectivity index (χ4n) is 5.82. The van der Waals surface area contributed by atoms with E-state index in [-0.39, 0.29) is 9.93 Å². The quantitative estimate of drug-likeness (QED) is 0.123. The van der Waals surface area contributed by atoms with Crippen LogP contribution in [0.25, 0.3) is 16.9 Å². The van der Waals surface area contributed by atoms with Crippen molar-refractivity contribution in [1.82, 2.24) is 4.90 Å². The van der Waals surface area contributed by atoms with Gasteiger partial charge in [-0.2, -0.15) is 0 Å². The van der Waals surface area contributed by atoms with Gasteiger partial charge in [0.15, 0.2) is 14.5 Å². The highest BCUT2D eigenvalue weighted by molar-refractivity contribution is 7.89. The number of nitrogens with zero attached hydrogens (tertiary/aromatic N) is 1. The van der Waals surface area contributed by atoms with Crippen molar-refractivity contribution in [3.63, 3.8) is 0 Å². The minimum Gasteiger partial charge on any atom is -0.491 e. The lowest BCUT2D eigenvalue weighted by Crippen LogP contribution is -2.41. The first kappa shape index (κ1) is 37.3. The molecule has 3 aromatic carbocycles. The van der Waals surface area contributed by atoms with Gasteiger partial charge in [-0.15, -0.1) is 0 Å². The van der Waals surface area contributed by atoms with E-state index in [0.717, 1.165) is 22.4 Å². The minimum atomic E-state index is -4.10. The fourth-order valence-corrected chi connectivity index (χ4v) is 7.39. The number of aryl methyl sites for hydroxylation is 4. The number of aliphatic hydroxyl groups excluding tert-OH is 1. The van der Waals surface area contributed by atoms with Crippen LogP contribution >= 0.6 is 0 Å². The monoisotopic (exact) mass is 722 g/mol. The molecule has 0 bridgehead atoms. The molecule has 0 saturated heterocycles. The van der Waals surface area contributed by atoms with Crippen LogP contribution in [-0.4, -0.2) is 47.0 Å². The second-order valence-electron chi connectivity index (χ2n) is 14.5. The van der Waals surface area contributed by atoms with Crippen LogP contribution < -0.4 is 14.6 Å². The number of sulfonamides is 1. The van der Waals surface area contributed by atoms with Crippen molar-refractivity contribution >= 4 is 23.9 Å². The number of hydrogen-bond acceptors (Lipinski definition) is 8. The van der Waals surface area contributed by atoms with Crippen LogP contribution in [0, 0.1) is 33.5 Å². The standard InChI is InChI=1S/C38H47FN2O7SSi/c1-22-15-26(16-23(2)34(22)45-13-14-46-50(9,10)38(5,6)7)33-20-30-36(48-33)31(21-41(8)37(30)42)29-19-28(49(40,43)44)11-12-32(29)47-35-24(3)17-27(39)18-25(35)4/h11-12,15-21,37,42H,13-14H2,1-10H3,(H2,40,43,44). The zero-order chi connectivity index (χ0) is 36.9. The van der Waals surface area contributed by atoms with E-state index in [1.165, 1.54) is 30.3 Å². The molecule has 4 aromatic rings. The van der Waals surface area contributed by atoms with E-state index in [9.17, 15) is 17.9 Å². The summed E-state index contributed by atoms with van der Waals surface area (Å²) in [6.45, 7) is 19.4. The van der Waals surface area contributed by atoms with E-state index in [0.29, 0.717) is 64.1 Å². The summed E-state index contributed by atoms with van der Waals surface area (Å²) < 4.78 is 64.4. The number of benzene rings is 3. The Balaban J connectivity index is 1.52. The largest absolute Gasteiger partial charge is 0.491 e. The smallest absolute Gasteiger partial charge is 0.238 e. The zero-order valence-electron chi connectivity index (χ0n) is 30.4. The molecular formula is C38H47FN2O7SSi. The van der Waals surface area contributed by atoms with Crippen LogP contribution in [0.1, 0.15) is 66.1 Å². The Kier molecular flexibility index (Phi) is 10.2. The summed E-state index contributed by atoms with van der Waals surface area (Å²) in [6, 6.07) is 12.7.